The molecule has 0 fully saturated rings. The normalized spacial score (nSPS) is 14.1. The maximum absolute atomic E-state index is 12.9. The van der Waals surface area contributed by atoms with Crippen LogP contribution in [-0.2, 0) is 29.7 Å². The van der Waals surface area contributed by atoms with Crippen molar-refractivity contribution in [2.45, 2.75) is 52.6 Å². The van der Waals surface area contributed by atoms with E-state index in [-0.39, 0.29) is 11.3 Å². The predicted octanol–water partition coefficient (Wildman–Crippen LogP) is 3.65. The average Bonchev–Trinajstić information content (AvgIpc) is 3.15. The molecule has 3 heterocycles. The first kappa shape index (κ1) is 16.8. The van der Waals surface area contributed by atoms with Crippen molar-refractivity contribution in [1.29, 1.82) is 0 Å². The first-order valence-electron chi connectivity index (χ1n) is 9.02. The number of rotatable bonds is 2. The molecule has 1 aliphatic rings. The quantitative estimate of drug-likeness (QED) is 0.769. The van der Waals surface area contributed by atoms with E-state index in [1.54, 1.807) is 0 Å². The van der Waals surface area contributed by atoms with Gasteiger partial charge in [0, 0.05) is 40.3 Å². The lowest BCUT2D eigenvalue weighted by Crippen LogP contribution is -2.27. The molecule has 1 aromatic carbocycles. The second kappa shape index (κ2) is 5.94. The molecular formula is C21H24N4O. The maximum Gasteiger partial charge on any atom is 0.227 e. The second-order valence-electron chi connectivity index (χ2n) is 8.12. The minimum atomic E-state index is -0.0897. The van der Waals surface area contributed by atoms with Crippen molar-refractivity contribution < 1.29 is 4.79 Å². The molecule has 5 nitrogen and oxygen atoms in total. The van der Waals surface area contributed by atoms with Gasteiger partial charge in [-0.05, 0) is 18.6 Å². The van der Waals surface area contributed by atoms with Crippen LogP contribution in [0, 0.1) is 6.92 Å². The van der Waals surface area contributed by atoms with Crippen LogP contribution in [0.2, 0.25) is 0 Å². The summed E-state index contributed by atoms with van der Waals surface area (Å²) in [7, 11) is 0. The molecule has 0 atom stereocenters. The lowest BCUT2D eigenvalue weighted by Gasteiger charge is -2.16. The molecule has 26 heavy (non-hydrogen) atoms. The SMILES string of the molecule is Cc1[nH]c2ccccc2c1CC(=O)N1Cc2cnc(C(C)(C)C)nc2C1. The van der Waals surface area contributed by atoms with E-state index in [4.69, 9.17) is 4.98 Å². The Bertz CT molecular complexity index is 997. The van der Waals surface area contributed by atoms with Crippen molar-refractivity contribution in [3.05, 3.63) is 58.8 Å². The van der Waals surface area contributed by atoms with Gasteiger partial charge in [0.1, 0.15) is 5.82 Å². The van der Waals surface area contributed by atoms with Gasteiger partial charge in [0.25, 0.3) is 0 Å². The third-order valence-corrected chi connectivity index (χ3v) is 5.03. The number of aromatic amines is 1. The molecule has 4 rings (SSSR count). The van der Waals surface area contributed by atoms with E-state index >= 15 is 0 Å². The Morgan fingerprint density at radius 1 is 1.23 bits per heavy atom. The van der Waals surface area contributed by atoms with Gasteiger partial charge in [0.05, 0.1) is 18.7 Å². The van der Waals surface area contributed by atoms with Crippen LogP contribution in [0.1, 0.15) is 49.1 Å². The van der Waals surface area contributed by atoms with Gasteiger partial charge in [-0.1, -0.05) is 39.0 Å². The lowest BCUT2D eigenvalue weighted by atomic mass is 9.95. The van der Waals surface area contributed by atoms with Gasteiger partial charge in [-0.15, -0.1) is 0 Å². The number of aromatic nitrogens is 3. The Balaban J connectivity index is 1.55. The number of para-hydroxylation sites is 1. The molecule has 2 aromatic heterocycles. The van der Waals surface area contributed by atoms with Crippen molar-refractivity contribution >= 4 is 16.8 Å². The fourth-order valence-corrected chi connectivity index (χ4v) is 3.52. The molecule has 3 aromatic rings. The van der Waals surface area contributed by atoms with Crippen LogP contribution in [-0.4, -0.2) is 25.8 Å². The Morgan fingerprint density at radius 2 is 2.00 bits per heavy atom. The third-order valence-electron chi connectivity index (χ3n) is 5.03. The van der Waals surface area contributed by atoms with Crippen molar-refractivity contribution in [3.8, 4) is 0 Å². The fraction of sp³-hybridized carbons (Fsp3) is 0.381. The molecule has 134 valence electrons. The van der Waals surface area contributed by atoms with Crippen LogP contribution in [0.5, 0.6) is 0 Å². The highest BCUT2D eigenvalue weighted by molar-refractivity contribution is 5.90. The maximum atomic E-state index is 12.9. The Hall–Kier alpha value is -2.69. The zero-order valence-electron chi connectivity index (χ0n) is 15.8. The zero-order valence-corrected chi connectivity index (χ0v) is 15.8. The van der Waals surface area contributed by atoms with E-state index in [1.807, 2.05) is 36.2 Å². The number of nitrogens with zero attached hydrogens (tertiary/aromatic N) is 3. The second-order valence-corrected chi connectivity index (χ2v) is 8.12. The molecule has 0 bridgehead atoms. The van der Waals surface area contributed by atoms with Gasteiger partial charge in [0.2, 0.25) is 5.91 Å². The van der Waals surface area contributed by atoms with Gasteiger partial charge in [-0.25, -0.2) is 9.97 Å². The highest BCUT2D eigenvalue weighted by Gasteiger charge is 2.28. The minimum Gasteiger partial charge on any atom is -0.358 e. The summed E-state index contributed by atoms with van der Waals surface area (Å²) in [6.07, 6.45) is 2.29. The first-order chi connectivity index (χ1) is 12.3. The van der Waals surface area contributed by atoms with E-state index in [0.717, 1.165) is 39.2 Å². The Labute approximate surface area is 153 Å². The summed E-state index contributed by atoms with van der Waals surface area (Å²) in [6, 6.07) is 8.14. The molecule has 1 amide bonds. The number of fused-ring (bicyclic) bond motifs is 2. The summed E-state index contributed by atoms with van der Waals surface area (Å²) < 4.78 is 0. The fourth-order valence-electron chi connectivity index (χ4n) is 3.52. The van der Waals surface area contributed by atoms with Crippen LogP contribution in [0.25, 0.3) is 10.9 Å². The molecule has 0 aliphatic carbocycles. The summed E-state index contributed by atoms with van der Waals surface area (Å²) in [5.74, 6) is 0.964. The largest absolute Gasteiger partial charge is 0.358 e. The van der Waals surface area contributed by atoms with Gasteiger partial charge in [0.15, 0.2) is 0 Å². The van der Waals surface area contributed by atoms with Gasteiger partial charge in [-0.3, -0.25) is 4.79 Å². The lowest BCUT2D eigenvalue weighted by molar-refractivity contribution is -0.131. The van der Waals surface area contributed by atoms with Gasteiger partial charge in [-0.2, -0.15) is 0 Å². The van der Waals surface area contributed by atoms with Crippen LogP contribution >= 0.6 is 0 Å². The summed E-state index contributed by atoms with van der Waals surface area (Å²) in [5.41, 5.74) is 5.18. The molecule has 0 unspecified atom stereocenters. The van der Waals surface area contributed by atoms with Crippen molar-refractivity contribution in [1.82, 2.24) is 19.9 Å². The molecule has 0 spiro atoms. The van der Waals surface area contributed by atoms with E-state index in [9.17, 15) is 4.79 Å². The standard InChI is InChI=1S/C21H24N4O/c1-13-16(15-7-5-6-8-17(15)23-13)9-19(26)25-11-14-10-22-20(21(2,3)4)24-18(14)12-25/h5-8,10,23H,9,11-12H2,1-4H3. The number of amides is 1. The van der Waals surface area contributed by atoms with E-state index in [1.165, 1.54) is 0 Å². The molecule has 0 saturated heterocycles. The van der Waals surface area contributed by atoms with E-state index in [2.05, 4.69) is 36.8 Å². The number of aryl methyl sites for hydroxylation is 1. The summed E-state index contributed by atoms with van der Waals surface area (Å²) in [4.78, 5) is 27.4. The minimum absolute atomic E-state index is 0.0897. The smallest absolute Gasteiger partial charge is 0.227 e. The van der Waals surface area contributed by atoms with Crippen LogP contribution in [0.15, 0.2) is 30.5 Å². The van der Waals surface area contributed by atoms with Gasteiger partial charge < -0.3 is 9.88 Å². The average molecular weight is 348 g/mol. The third kappa shape index (κ3) is 2.87. The topological polar surface area (TPSA) is 61.9 Å². The van der Waals surface area contributed by atoms with E-state index in [0.29, 0.717) is 19.5 Å². The van der Waals surface area contributed by atoms with Crippen molar-refractivity contribution in [2.24, 2.45) is 0 Å². The highest BCUT2D eigenvalue weighted by Crippen LogP contribution is 2.27. The number of hydrogen-bond acceptors (Lipinski definition) is 3. The summed E-state index contributed by atoms with van der Waals surface area (Å²) >= 11 is 0. The molecular weight excluding hydrogens is 324 g/mol. The van der Waals surface area contributed by atoms with E-state index < -0.39 is 0 Å². The van der Waals surface area contributed by atoms with Crippen LogP contribution in [0.3, 0.4) is 0 Å². The summed E-state index contributed by atoms with van der Waals surface area (Å²) in [5, 5.41) is 1.13. The van der Waals surface area contributed by atoms with Gasteiger partial charge >= 0.3 is 0 Å². The predicted molar refractivity (Wildman–Crippen MR) is 102 cm³/mol. The Morgan fingerprint density at radius 3 is 2.77 bits per heavy atom. The Kier molecular flexibility index (Phi) is 3.83. The molecule has 0 radical (unpaired) electrons. The number of carbonyl (C=O) groups is 1. The molecule has 5 heteroatoms. The number of H-pyrrole nitrogens is 1. The monoisotopic (exact) mass is 348 g/mol. The number of nitrogens with one attached hydrogen (secondary N) is 1. The highest BCUT2D eigenvalue weighted by atomic mass is 16.2. The number of carbonyl (C=O) groups excluding carboxylic acids is 1. The molecule has 0 saturated carbocycles. The number of hydrogen-bond donors (Lipinski definition) is 1. The number of benzene rings is 1. The molecule has 1 aliphatic heterocycles. The van der Waals surface area contributed by atoms with Crippen molar-refractivity contribution in [3.63, 3.8) is 0 Å². The summed E-state index contributed by atoms with van der Waals surface area (Å²) in [6.45, 7) is 9.51. The zero-order chi connectivity index (χ0) is 18.5. The molecule has 1 N–H and O–H groups in total. The van der Waals surface area contributed by atoms with Crippen molar-refractivity contribution in [2.75, 3.05) is 0 Å². The van der Waals surface area contributed by atoms with Crippen LogP contribution in [0.4, 0.5) is 0 Å². The first-order valence-corrected chi connectivity index (χ1v) is 9.02. The van der Waals surface area contributed by atoms with Crippen LogP contribution < -0.4 is 0 Å².